The lowest BCUT2D eigenvalue weighted by Crippen LogP contribution is -2.44. The molecule has 0 spiro atoms. The lowest BCUT2D eigenvalue weighted by atomic mass is 9.96. The molecule has 12 heteroatoms. The molecule has 0 bridgehead atoms. The number of nitrogens with one attached hydrogen (secondary N) is 1. The van der Waals surface area contributed by atoms with Crippen molar-refractivity contribution in [3.63, 3.8) is 0 Å². The van der Waals surface area contributed by atoms with Gasteiger partial charge in [0.05, 0.1) is 13.1 Å². The van der Waals surface area contributed by atoms with E-state index in [1.807, 2.05) is 35.2 Å². The average molecular weight is 481 g/mol. The van der Waals surface area contributed by atoms with Crippen LogP contribution in [0.25, 0.3) is 0 Å². The maximum Gasteiger partial charge on any atom is 0.490 e. The van der Waals surface area contributed by atoms with E-state index in [1.54, 1.807) is 4.90 Å². The van der Waals surface area contributed by atoms with E-state index in [-0.39, 0.29) is 25.8 Å². The quantitative estimate of drug-likeness (QED) is 0.643. The number of carbonyl (C=O) groups is 2. The maximum atomic E-state index is 13.7. The smallest absolute Gasteiger partial charge is 0.475 e. The molecular weight excluding hydrogens is 453 g/mol. The maximum absolute atomic E-state index is 13.7. The molecule has 2 aliphatic rings. The molecule has 1 amide bonds. The van der Waals surface area contributed by atoms with Gasteiger partial charge in [-0.2, -0.15) is 13.2 Å². The number of nitrogens with zero attached hydrogens (tertiary/aromatic N) is 2. The minimum absolute atomic E-state index is 0.181. The number of carboxylic acid groups (broad SMARTS) is 1. The fourth-order valence-corrected chi connectivity index (χ4v) is 3.60. The van der Waals surface area contributed by atoms with Crippen LogP contribution in [-0.4, -0.2) is 84.9 Å². The summed E-state index contributed by atoms with van der Waals surface area (Å²) in [7, 11) is 0. The lowest BCUT2D eigenvalue weighted by Gasteiger charge is -2.34. The van der Waals surface area contributed by atoms with Gasteiger partial charge in [0, 0.05) is 32.7 Å². The molecule has 186 valence electrons. The van der Waals surface area contributed by atoms with Gasteiger partial charge in [0.25, 0.3) is 5.92 Å². The van der Waals surface area contributed by atoms with Crippen LogP contribution in [0.1, 0.15) is 18.4 Å². The summed E-state index contributed by atoms with van der Waals surface area (Å²) in [6.07, 6.45) is -3.72. The van der Waals surface area contributed by atoms with Gasteiger partial charge >= 0.3 is 18.2 Å². The Hall–Kier alpha value is -2.47. The van der Waals surface area contributed by atoms with Crippen molar-refractivity contribution in [2.24, 2.45) is 5.92 Å². The number of hydrogen-bond acceptors (Lipinski definition) is 5. The minimum atomic E-state index is -5.08. The number of rotatable bonds is 4. The SMILES string of the molecule is O=C(O)C(F)(F)F.O=C(OCc1ccccc1)N1CCC(CN2CCNCC(F)(F)C2)CC1. The first-order chi connectivity index (χ1) is 15.5. The number of amides is 1. The largest absolute Gasteiger partial charge is 0.490 e. The molecule has 1 aromatic carbocycles. The van der Waals surface area contributed by atoms with Crippen LogP contribution >= 0.6 is 0 Å². The van der Waals surface area contributed by atoms with Crippen molar-refractivity contribution in [3.05, 3.63) is 35.9 Å². The third-order valence-corrected chi connectivity index (χ3v) is 5.28. The summed E-state index contributed by atoms with van der Waals surface area (Å²) >= 11 is 0. The highest BCUT2D eigenvalue weighted by atomic mass is 19.4. The molecule has 33 heavy (non-hydrogen) atoms. The van der Waals surface area contributed by atoms with Gasteiger partial charge in [0.15, 0.2) is 0 Å². The van der Waals surface area contributed by atoms with Crippen molar-refractivity contribution in [2.75, 3.05) is 45.8 Å². The molecule has 0 saturated carbocycles. The Bertz CT molecular complexity index is 756. The summed E-state index contributed by atoms with van der Waals surface area (Å²) in [6, 6.07) is 9.59. The van der Waals surface area contributed by atoms with Gasteiger partial charge in [-0.15, -0.1) is 0 Å². The number of carbonyl (C=O) groups excluding carboxylic acids is 1. The Kier molecular flexibility index (Phi) is 9.84. The summed E-state index contributed by atoms with van der Waals surface area (Å²) in [5.41, 5.74) is 0.964. The molecule has 2 heterocycles. The van der Waals surface area contributed by atoms with Crippen LogP contribution in [0.4, 0.5) is 26.7 Å². The molecule has 0 atom stereocenters. The molecule has 0 unspecified atom stereocenters. The Labute approximate surface area is 188 Å². The Morgan fingerprint density at radius 1 is 1.12 bits per heavy atom. The van der Waals surface area contributed by atoms with Gasteiger partial charge in [-0.1, -0.05) is 30.3 Å². The first kappa shape index (κ1) is 26.8. The number of likely N-dealkylation sites (tertiary alicyclic amines) is 1. The third-order valence-electron chi connectivity index (χ3n) is 5.28. The van der Waals surface area contributed by atoms with Crippen LogP contribution in [0.2, 0.25) is 0 Å². The summed E-state index contributed by atoms with van der Waals surface area (Å²) in [6.45, 7) is 3.02. The van der Waals surface area contributed by atoms with Gasteiger partial charge in [-0.3, -0.25) is 4.90 Å². The number of piperidine rings is 1. The molecule has 0 aliphatic carbocycles. The van der Waals surface area contributed by atoms with Crippen molar-refractivity contribution >= 4 is 12.1 Å². The standard InChI is InChI=1S/C19H27F2N3O2.C2HF3O2/c20-19(21)14-22-8-11-23(15-19)12-16-6-9-24(10-7-16)18(25)26-13-17-4-2-1-3-5-17;3-2(4,5)1(6)7/h1-5,16,22H,6-15H2;(H,6,7). The zero-order valence-corrected chi connectivity index (χ0v) is 18.0. The summed E-state index contributed by atoms with van der Waals surface area (Å²) in [5.74, 6) is -5.08. The molecule has 7 nitrogen and oxygen atoms in total. The first-order valence-corrected chi connectivity index (χ1v) is 10.5. The predicted octanol–water partition coefficient (Wildman–Crippen LogP) is 3.21. The zero-order valence-electron chi connectivity index (χ0n) is 18.0. The summed E-state index contributed by atoms with van der Waals surface area (Å²) < 4.78 is 64.5. The van der Waals surface area contributed by atoms with Crippen molar-refractivity contribution in [3.8, 4) is 0 Å². The number of carboxylic acids is 1. The van der Waals surface area contributed by atoms with Gasteiger partial charge in [0.1, 0.15) is 6.61 Å². The van der Waals surface area contributed by atoms with E-state index in [0.717, 1.165) is 18.4 Å². The average Bonchev–Trinajstić information content (AvgIpc) is 2.92. The van der Waals surface area contributed by atoms with Crippen LogP contribution in [0.15, 0.2) is 30.3 Å². The zero-order chi connectivity index (χ0) is 24.5. The molecule has 2 saturated heterocycles. The highest BCUT2D eigenvalue weighted by Gasteiger charge is 2.38. The van der Waals surface area contributed by atoms with Gasteiger partial charge in [-0.05, 0) is 24.3 Å². The minimum Gasteiger partial charge on any atom is -0.475 e. The van der Waals surface area contributed by atoms with Gasteiger partial charge in [-0.25, -0.2) is 18.4 Å². The normalized spacial score (nSPS) is 19.7. The molecule has 1 aromatic rings. The second-order valence-electron chi connectivity index (χ2n) is 8.04. The first-order valence-electron chi connectivity index (χ1n) is 10.5. The van der Waals surface area contributed by atoms with Crippen LogP contribution in [0, 0.1) is 5.92 Å². The summed E-state index contributed by atoms with van der Waals surface area (Å²) in [4.78, 5) is 24.7. The number of aliphatic carboxylic acids is 1. The van der Waals surface area contributed by atoms with E-state index in [9.17, 15) is 26.7 Å². The van der Waals surface area contributed by atoms with E-state index in [4.69, 9.17) is 14.6 Å². The molecule has 2 N–H and O–H groups in total. The molecule has 3 rings (SSSR count). The van der Waals surface area contributed by atoms with Crippen LogP contribution < -0.4 is 5.32 Å². The molecule has 0 aromatic heterocycles. The van der Waals surface area contributed by atoms with Crippen molar-refractivity contribution < 1.29 is 41.4 Å². The third kappa shape index (κ3) is 9.91. The number of benzene rings is 1. The molecule has 2 fully saturated rings. The second kappa shape index (κ2) is 12.1. The van der Waals surface area contributed by atoms with Crippen molar-refractivity contribution in [1.82, 2.24) is 15.1 Å². The summed E-state index contributed by atoms with van der Waals surface area (Å²) in [5, 5.41) is 9.92. The fraction of sp³-hybridized carbons (Fsp3) is 0.619. The van der Waals surface area contributed by atoms with Crippen LogP contribution in [0.5, 0.6) is 0 Å². The number of alkyl halides is 5. The topological polar surface area (TPSA) is 82.1 Å². The van der Waals surface area contributed by atoms with E-state index < -0.39 is 18.1 Å². The Balaban J connectivity index is 0.000000479. The highest BCUT2D eigenvalue weighted by Crippen LogP contribution is 2.22. The van der Waals surface area contributed by atoms with Crippen LogP contribution in [0.3, 0.4) is 0 Å². The monoisotopic (exact) mass is 481 g/mol. The van der Waals surface area contributed by atoms with Gasteiger partial charge < -0.3 is 20.1 Å². The highest BCUT2D eigenvalue weighted by molar-refractivity contribution is 5.73. The van der Waals surface area contributed by atoms with Crippen molar-refractivity contribution in [2.45, 2.75) is 31.5 Å². The Morgan fingerprint density at radius 3 is 2.30 bits per heavy atom. The van der Waals surface area contributed by atoms with Gasteiger partial charge in [0.2, 0.25) is 0 Å². The van der Waals surface area contributed by atoms with Crippen molar-refractivity contribution in [1.29, 1.82) is 0 Å². The Morgan fingerprint density at radius 2 is 1.73 bits per heavy atom. The number of halogens is 5. The van der Waals surface area contributed by atoms with E-state index in [2.05, 4.69) is 5.32 Å². The second-order valence-corrected chi connectivity index (χ2v) is 8.04. The fourth-order valence-electron chi connectivity index (χ4n) is 3.60. The molecule has 0 radical (unpaired) electrons. The number of hydrogen-bond donors (Lipinski definition) is 2. The van der Waals surface area contributed by atoms with E-state index in [1.165, 1.54) is 0 Å². The molecule has 2 aliphatic heterocycles. The number of ether oxygens (including phenoxy) is 1. The lowest BCUT2D eigenvalue weighted by molar-refractivity contribution is -0.192. The van der Waals surface area contributed by atoms with E-state index in [0.29, 0.717) is 38.6 Å². The predicted molar refractivity (Wildman–Crippen MR) is 109 cm³/mol. The molecular formula is C21H28F5N3O4. The van der Waals surface area contributed by atoms with E-state index >= 15 is 0 Å². The van der Waals surface area contributed by atoms with Crippen LogP contribution in [-0.2, 0) is 16.1 Å².